The molecule has 1 aromatic carbocycles. The predicted octanol–water partition coefficient (Wildman–Crippen LogP) is 4.23. The van der Waals surface area contributed by atoms with Crippen LogP contribution in [-0.4, -0.2) is 47.6 Å². The molecule has 1 aliphatic heterocycles. The normalized spacial score (nSPS) is 14.7. The van der Waals surface area contributed by atoms with Gasteiger partial charge in [-0.3, -0.25) is 9.67 Å². The Morgan fingerprint density at radius 1 is 1.06 bits per heavy atom. The Labute approximate surface area is 179 Å². The molecule has 0 amide bonds. The number of halogens is 2. The first kappa shape index (κ1) is 20.9. The Morgan fingerprint density at radius 2 is 1.81 bits per heavy atom. The molecule has 9 heteroatoms. The van der Waals surface area contributed by atoms with Gasteiger partial charge in [-0.1, -0.05) is 0 Å². The highest BCUT2D eigenvalue weighted by Crippen LogP contribution is 2.38. The molecular formula is C22H25F2N5O2. The van der Waals surface area contributed by atoms with Gasteiger partial charge in [-0.2, -0.15) is 13.9 Å². The SMILES string of the molecule is COc1ccncc1N(c1ccc(OC(F)F)cc1)C1CCN(c2ccnn2C)CC1. The summed E-state index contributed by atoms with van der Waals surface area (Å²) in [6.45, 7) is -1.11. The van der Waals surface area contributed by atoms with Crippen molar-refractivity contribution in [2.75, 3.05) is 30.0 Å². The van der Waals surface area contributed by atoms with Crippen LogP contribution in [0.1, 0.15) is 12.8 Å². The second-order valence-corrected chi connectivity index (χ2v) is 7.32. The van der Waals surface area contributed by atoms with Crippen molar-refractivity contribution in [1.29, 1.82) is 0 Å². The Hall–Kier alpha value is -3.36. The van der Waals surface area contributed by atoms with Gasteiger partial charge in [0.2, 0.25) is 0 Å². The van der Waals surface area contributed by atoms with Crippen molar-refractivity contribution in [2.45, 2.75) is 25.5 Å². The van der Waals surface area contributed by atoms with E-state index in [1.807, 2.05) is 23.9 Å². The molecule has 7 nitrogen and oxygen atoms in total. The number of nitrogens with zero attached hydrogens (tertiary/aromatic N) is 5. The van der Waals surface area contributed by atoms with Crippen LogP contribution in [0.15, 0.2) is 55.0 Å². The molecule has 0 aliphatic carbocycles. The third kappa shape index (κ3) is 4.55. The zero-order chi connectivity index (χ0) is 21.8. The Morgan fingerprint density at radius 3 is 2.42 bits per heavy atom. The molecule has 0 spiro atoms. The van der Waals surface area contributed by atoms with Crippen molar-refractivity contribution in [3.05, 3.63) is 55.0 Å². The van der Waals surface area contributed by atoms with E-state index in [0.29, 0.717) is 5.75 Å². The van der Waals surface area contributed by atoms with Crippen LogP contribution >= 0.6 is 0 Å². The number of methoxy groups -OCH3 is 1. The van der Waals surface area contributed by atoms with Crippen LogP contribution in [0.4, 0.5) is 26.0 Å². The molecule has 1 saturated heterocycles. The number of aryl methyl sites for hydroxylation is 1. The fraction of sp³-hybridized carbons (Fsp3) is 0.364. The van der Waals surface area contributed by atoms with Crippen molar-refractivity contribution >= 4 is 17.2 Å². The van der Waals surface area contributed by atoms with Crippen LogP contribution < -0.4 is 19.3 Å². The maximum Gasteiger partial charge on any atom is 0.387 e. The summed E-state index contributed by atoms with van der Waals surface area (Å²) >= 11 is 0. The van der Waals surface area contributed by atoms with Gasteiger partial charge in [-0.25, -0.2) is 0 Å². The summed E-state index contributed by atoms with van der Waals surface area (Å²) < 4.78 is 37.1. The average molecular weight is 429 g/mol. The maximum atomic E-state index is 12.5. The first-order valence-corrected chi connectivity index (χ1v) is 10.1. The van der Waals surface area contributed by atoms with Gasteiger partial charge in [0.15, 0.2) is 0 Å². The summed E-state index contributed by atoms with van der Waals surface area (Å²) in [7, 11) is 3.57. The van der Waals surface area contributed by atoms with Gasteiger partial charge in [0.05, 0.1) is 19.5 Å². The molecule has 1 aliphatic rings. The van der Waals surface area contributed by atoms with E-state index < -0.39 is 6.61 Å². The monoisotopic (exact) mass is 429 g/mol. The standard InChI is InChI=1S/C22H25F2N5O2/c1-27-21(8-12-26-27)28-13-9-17(10-14-28)29(19-15-25-11-7-20(19)30-2)16-3-5-18(6-4-16)31-22(23)24/h3-8,11-12,15,17,22H,9-10,13-14H2,1-2H3. The number of anilines is 3. The van der Waals surface area contributed by atoms with Crippen molar-refractivity contribution in [1.82, 2.24) is 14.8 Å². The lowest BCUT2D eigenvalue weighted by Gasteiger charge is -2.40. The predicted molar refractivity (Wildman–Crippen MR) is 114 cm³/mol. The van der Waals surface area contributed by atoms with Crippen molar-refractivity contribution in [3.63, 3.8) is 0 Å². The largest absolute Gasteiger partial charge is 0.494 e. The summed E-state index contributed by atoms with van der Waals surface area (Å²) in [5, 5.41) is 4.27. The van der Waals surface area contributed by atoms with Crippen LogP contribution in [0.2, 0.25) is 0 Å². The van der Waals surface area contributed by atoms with E-state index in [0.717, 1.165) is 43.1 Å². The number of benzene rings is 1. The quantitative estimate of drug-likeness (QED) is 0.560. The third-order valence-electron chi connectivity index (χ3n) is 5.53. The highest BCUT2D eigenvalue weighted by atomic mass is 19.3. The van der Waals surface area contributed by atoms with Crippen molar-refractivity contribution in [2.24, 2.45) is 7.05 Å². The maximum absolute atomic E-state index is 12.5. The molecule has 0 N–H and O–H groups in total. The van der Waals surface area contributed by atoms with Crippen LogP contribution in [0, 0.1) is 0 Å². The molecule has 164 valence electrons. The molecule has 0 atom stereocenters. The van der Waals surface area contributed by atoms with Gasteiger partial charge in [-0.15, -0.1) is 0 Å². The fourth-order valence-corrected chi connectivity index (χ4v) is 4.09. The van der Waals surface area contributed by atoms with Gasteiger partial charge < -0.3 is 19.3 Å². The molecule has 0 saturated carbocycles. The first-order chi connectivity index (χ1) is 15.1. The summed E-state index contributed by atoms with van der Waals surface area (Å²) in [4.78, 5) is 8.79. The minimum absolute atomic E-state index is 0.128. The highest BCUT2D eigenvalue weighted by molar-refractivity contribution is 5.69. The number of hydrogen-bond donors (Lipinski definition) is 0. The molecule has 31 heavy (non-hydrogen) atoms. The van der Waals surface area contributed by atoms with Gasteiger partial charge >= 0.3 is 6.61 Å². The molecule has 2 aromatic heterocycles. The minimum atomic E-state index is -2.85. The average Bonchev–Trinajstić information content (AvgIpc) is 3.21. The lowest BCUT2D eigenvalue weighted by Crippen LogP contribution is -2.44. The van der Waals surface area contributed by atoms with E-state index in [4.69, 9.17) is 4.74 Å². The third-order valence-corrected chi connectivity index (χ3v) is 5.53. The van der Waals surface area contributed by atoms with Crippen molar-refractivity contribution < 1.29 is 18.3 Å². The van der Waals surface area contributed by atoms with Gasteiger partial charge in [0, 0.05) is 50.2 Å². The summed E-state index contributed by atoms with van der Waals surface area (Å²) in [5.74, 6) is 1.93. The van der Waals surface area contributed by atoms with E-state index in [1.54, 1.807) is 50.0 Å². The van der Waals surface area contributed by atoms with E-state index in [2.05, 4.69) is 24.6 Å². The Balaban J connectivity index is 1.61. The number of pyridine rings is 1. The van der Waals surface area contributed by atoms with E-state index in [9.17, 15) is 8.78 Å². The van der Waals surface area contributed by atoms with Crippen LogP contribution in [0.3, 0.4) is 0 Å². The number of hydrogen-bond acceptors (Lipinski definition) is 6. The second kappa shape index (κ2) is 9.20. The van der Waals surface area contributed by atoms with Crippen LogP contribution in [0.5, 0.6) is 11.5 Å². The van der Waals surface area contributed by atoms with Gasteiger partial charge in [0.1, 0.15) is 23.0 Å². The molecule has 0 unspecified atom stereocenters. The first-order valence-electron chi connectivity index (χ1n) is 10.1. The highest BCUT2D eigenvalue weighted by Gasteiger charge is 2.29. The van der Waals surface area contributed by atoms with Crippen LogP contribution in [-0.2, 0) is 7.05 Å². The van der Waals surface area contributed by atoms with Gasteiger partial charge in [0.25, 0.3) is 0 Å². The van der Waals surface area contributed by atoms with E-state index >= 15 is 0 Å². The molecule has 1 fully saturated rings. The Kier molecular flexibility index (Phi) is 6.20. The molecule has 3 heterocycles. The second-order valence-electron chi connectivity index (χ2n) is 7.32. The number of rotatable bonds is 7. The fourth-order valence-electron chi connectivity index (χ4n) is 4.09. The van der Waals surface area contributed by atoms with E-state index in [-0.39, 0.29) is 11.8 Å². The lowest BCUT2D eigenvalue weighted by atomic mass is 10.0. The summed E-state index contributed by atoms with van der Waals surface area (Å²) in [5.41, 5.74) is 1.71. The van der Waals surface area contributed by atoms with E-state index in [1.165, 1.54) is 0 Å². The summed E-state index contributed by atoms with van der Waals surface area (Å²) in [6, 6.07) is 10.7. The zero-order valence-electron chi connectivity index (χ0n) is 17.5. The zero-order valence-corrected chi connectivity index (χ0v) is 17.5. The number of aromatic nitrogens is 3. The molecule has 0 bridgehead atoms. The van der Waals surface area contributed by atoms with Crippen molar-refractivity contribution in [3.8, 4) is 11.5 Å². The van der Waals surface area contributed by atoms with Gasteiger partial charge in [-0.05, 0) is 37.1 Å². The van der Waals surface area contributed by atoms with Crippen LogP contribution in [0.25, 0.3) is 0 Å². The lowest BCUT2D eigenvalue weighted by molar-refractivity contribution is -0.0498. The molecule has 4 rings (SSSR count). The number of alkyl halides is 2. The number of piperidine rings is 1. The topological polar surface area (TPSA) is 55.7 Å². The minimum Gasteiger partial charge on any atom is -0.494 e. The number of ether oxygens (including phenoxy) is 2. The molecular weight excluding hydrogens is 404 g/mol. The molecule has 0 radical (unpaired) electrons. The Bertz CT molecular complexity index is 988. The smallest absolute Gasteiger partial charge is 0.387 e. The molecule has 3 aromatic rings. The summed E-state index contributed by atoms with van der Waals surface area (Å²) in [6.07, 6.45) is 7.06.